The van der Waals surface area contributed by atoms with Crippen LogP contribution in [0.15, 0.2) is 11.3 Å². The number of nitrogens with one attached hydrogen (secondary N) is 1. The van der Waals surface area contributed by atoms with E-state index in [4.69, 9.17) is 5.26 Å². The van der Waals surface area contributed by atoms with Crippen LogP contribution in [0.1, 0.15) is 43.9 Å². The highest BCUT2D eigenvalue weighted by Crippen LogP contribution is 2.23. The molecule has 1 aromatic heterocycles. The molecule has 0 saturated carbocycles. The summed E-state index contributed by atoms with van der Waals surface area (Å²) >= 11 is 0. The molecular formula is C13H19N5O. The molecule has 0 fully saturated rings. The summed E-state index contributed by atoms with van der Waals surface area (Å²) < 4.78 is 2.01. The van der Waals surface area contributed by atoms with Crippen molar-refractivity contribution >= 4 is 12.2 Å². The van der Waals surface area contributed by atoms with Crippen molar-refractivity contribution in [1.82, 2.24) is 9.55 Å². The van der Waals surface area contributed by atoms with Gasteiger partial charge in [0.2, 0.25) is 0 Å². The van der Waals surface area contributed by atoms with Crippen molar-refractivity contribution in [3.8, 4) is 6.07 Å². The average Bonchev–Trinajstić information content (AvgIpc) is 2.72. The number of fused-ring (bicyclic) bond motifs is 1. The molecule has 0 saturated heterocycles. The maximum atomic E-state index is 9.86. The molecule has 19 heavy (non-hydrogen) atoms. The van der Waals surface area contributed by atoms with E-state index in [0.29, 0.717) is 18.7 Å². The van der Waals surface area contributed by atoms with E-state index in [1.165, 1.54) is 0 Å². The van der Waals surface area contributed by atoms with Gasteiger partial charge in [-0.15, -0.1) is 0 Å². The van der Waals surface area contributed by atoms with Crippen molar-refractivity contribution in [3.05, 3.63) is 12.0 Å². The fraction of sp³-hybridized carbons (Fsp3) is 0.615. The maximum absolute atomic E-state index is 9.86. The van der Waals surface area contributed by atoms with Gasteiger partial charge in [-0.1, -0.05) is 12.8 Å². The van der Waals surface area contributed by atoms with Crippen molar-refractivity contribution in [2.24, 2.45) is 4.99 Å². The number of aliphatic imine (C=N–C) groups is 1. The Bertz CT molecular complexity index is 474. The third-order valence-corrected chi connectivity index (χ3v) is 3.19. The van der Waals surface area contributed by atoms with E-state index in [2.05, 4.69) is 21.4 Å². The second-order valence-electron chi connectivity index (χ2n) is 4.65. The number of aliphatic hydroxyl groups excluding tert-OH is 1. The van der Waals surface area contributed by atoms with Gasteiger partial charge in [-0.05, 0) is 12.8 Å². The minimum atomic E-state index is -0.627. The average molecular weight is 261 g/mol. The van der Waals surface area contributed by atoms with Crippen LogP contribution in [0.25, 0.3) is 0 Å². The molecule has 0 aliphatic carbocycles. The van der Waals surface area contributed by atoms with Gasteiger partial charge >= 0.3 is 0 Å². The van der Waals surface area contributed by atoms with Gasteiger partial charge in [0.1, 0.15) is 17.6 Å². The fourth-order valence-corrected chi connectivity index (χ4v) is 2.15. The van der Waals surface area contributed by atoms with Crippen LogP contribution in [0, 0.1) is 11.3 Å². The molecule has 0 radical (unpaired) electrons. The monoisotopic (exact) mass is 261 g/mol. The van der Waals surface area contributed by atoms with E-state index in [0.717, 1.165) is 38.0 Å². The Morgan fingerprint density at radius 1 is 1.42 bits per heavy atom. The molecule has 2 N–H and O–H groups in total. The quantitative estimate of drug-likeness (QED) is 0.765. The minimum Gasteiger partial charge on any atom is -0.385 e. The Balaban J connectivity index is 1.85. The first kappa shape index (κ1) is 13.6. The molecule has 0 spiro atoms. The number of aryl methyl sites for hydroxylation is 1. The molecule has 0 amide bonds. The molecular weight excluding hydrogens is 242 g/mol. The zero-order valence-corrected chi connectivity index (χ0v) is 10.9. The fourth-order valence-electron chi connectivity index (χ4n) is 2.15. The third kappa shape index (κ3) is 3.55. The molecule has 6 heteroatoms. The van der Waals surface area contributed by atoms with E-state index in [-0.39, 0.29) is 0 Å². The van der Waals surface area contributed by atoms with E-state index < -0.39 is 6.10 Å². The van der Waals surface area contributed by atoms with Gasteiger partial charge in [-0.3, -0.25) is 4.99 Å². The number of aromatic nitrogens is 2. The van der Waals surface area contributed by atoms with E-state index >= 15 is 0 Å². The van der Waals surface area contributed by atoms with E-state index in [1.54, 1.807) is 12.7 Å². The van der Waals surface area contributed by atoms with Gasteiger partial charge in [0.25, 0.3) is 0 Å². The molecule has 2 heterocycles. The summed E-state index contributed by atoms with van der Waals surface area (Å²) in [6, 6.07) is 2.16. The lowest BCUT2D eigenvalue weighted by atomic mass is 10.1. The van der Waals surface area contributed by atoms with Crippen molar-refractivity contribution < 1.29 is 5.11 Å². The van der Waals surface area contributed by atoms with Gasteiger partial charge in [0.15, 0.2) is 0 Å². The second kappa shape index (κ2) is 6.90. The van der Waals surface area contributed by atoms with E-state index in [9.17, 15) is 5.11 Å². The summed E-state index contributed by atoms with van der Waals surface area (Å²) in [6.07, 6.45) is 7.59. The number of imidazole rings is 1. The van der Waals surface area contributed by atoms with Crippen LogP contribution in [-0.4, -0.2) is 27.5 Å². The molecule has 6 nitrogen and oxygen atoms in total. The Hall–Kier alpha value is -1.87. The van der Waals surface area contributed by atoms with Crippen LogP contribution in [0.3, 0.4) is 0 Å². The van der Waals surface area contributed by atoms with Gasteiger partial charge in [0.05, 0.1) is 25.3 Å². The number of nitrogens with zero attached hydrogens (tertiary/aromatic N) is 4. The minimum absolute atomic E-state index is 0.352. The van der Waals surface area contributed by atoms with Gasteiger partial charge < -0.3 is 15.0 Å². The predicted molar refractivity (Wildman–Crippen MR) is 72.9 cm³/mol. The van der Waals surface area contributed by atoms with Gasteiger partial charge in [-0.25, -0.2) is 4.98 Å². The van der Waals surface area contributed by atoms with Crippen LogP contribution < -0.4 is 5.32 Å². The maximum Gasteiger partial charge on any atom is 0.137 e. The SMILES string of the molecule is N#CCCCCCCn1cnc2c1NC=NCC2O. The molecule has 1 atom stereocenters. The van der Waals surface area contributed by atoms with Crippen molar-refractivity contribution in [1.29, 1.82) is 5.26 Å². The number of nitriles is 1. The van der Waals surface area contributed by atoms with Crippen LogP contribution in [0.5, 0.6) is 0 Å². The first-order valence-electron chi connectivity index (χ1n) is 6.68. The molecule has 0 bridgehead atoms. The lowest BCUT2D eigenvalue weighted by Gasteiger charge is -2.09. The molecule has 2 rings (SSSR count). The van der Waals surface area contributed by atoms with Crippen molar-refractivity contribution in [3.63, 3.8) is 0 Å². The molecule has 1 aromatic rings. The molecule has 0 aromatic carbocycles. The molecule has 1 unspecified atom stereocenters. The Labute approximate surface area is 112 Å². The largest absolute Gasteiger partial charge is 0.385 e. The highest BCUT2D eigenvalue weighted by atomic mass is 16.3. The van der Waals surface area contributed by atoms with Crippen LogP contribution >= 0.6 is 0 Å². The van der Waals surface area contributed by atoms with Crippen LogP contribution in [0.2, 0.25) is 0 Å². The van der Waals surface area contributed by atoms with Gasteiger partial charge in [-0.2, -0.15) is 5.26 Å². The second-order valence-corrected chi connectivity index (χ2v) is 4.65. The number of hydrogen-bond donors (Lipinski definition) is 2. The summed E-state index contributed by atoms with van der Waals surface area (Å²) in [4.78, 5) is 8.29. The molecule has 1 aliphatic rings. The zero-order chi connectivity index (χ0) is 13.5. The summed E-state index contributed by atoms with van der Waals surface area (Å²) in [5.41, 5.74) is 0.669. The van der Waals surface area contributed by atoms with Crippen LogP contribution in [-0.2, 0) is 6.54 Å². The summed E-state index contributed by atoms with van der Waals surface area (Å²) in [5, 5.41) is 21.4. The highest BCUT2D eigenvalue weighted by molar-refractivity contribution is 5.76. The number of hydrogen-bond acceptors (Lipinski definition) is 5. The number of anilines is 1. The standard InChI is InChI=1S/C13H19N5O/c14-6-4-2-1-3-5-7-18-10-17-12-11(19)8-15-9-16-13(12)18/h9-11,19H,1-5,7-8H2,(H,15,16). The highest BCUT2D eigenvalue weighted by Gasteiger charge is 2.19. The number of aliphatic hydroxyl groups is 1. The van der Waals surface area contributed by atoms with Crippen molar-refractivity contribution in [2.45, 2.75) is 44.8 Å². The number of rotatable bonds is 6. The Morgan fingerprint density at radius 3 is 3.11 bits per heavy atom. The lowest BCUT2D eigenvalue weighted by Crippen LogP contribution is -2.06. The Kier molecular flexibility index (Phi) is 4.93. The summed E-state index contributed by atoms with van der Waals surface area (Å²) in [7, 11) is 0. The zero-order valence-electron chi connectivity index (χ0n) is 10.9. The normalized spacial score (nSPS) is 17.4. The number of unbranched alkanes of at least 4 members (excludes halogenated alkanes) is 4. The molecule has 1 aliphatic heterocycles. The summed E-state index contributed by atoms with van der Waals surface area (Å²) in [6.45, 7) is 1.22. The Morgan fingerprint density at radius 2 is 2.26 bits per heavy atom. The van der Waals surface area contributed by atoms with E-state index in [1.807, 2.05) is 4.57 Å². The van der Waals surface area contributed by atoms with Crippen molar-refractivity contribution in [2.75, 3.05) is 11.9 Å². The first-order chi connectivity index (χ1) is 9.33. The third-order valence-electron chi connectivity index (χ3n) is 3.19. The predicted octanol–water partition coefficient (Wildman–Crippen LogP) is 1.84. The topological polar surface area (TPSA) is 86.2 Å². The van der Waals surface area contributed by atoms with Crippen LogP contribution in [0.4, 0.5) is 5.82 Å². The lowest BCUT2D eigenvalue weighted by molar-refractivity contribution is 0.184. The smallest absolute Gasteiger partial charge is 0.137 e. The van der Waals surface area contributed by atoms with Gasteiger partial charge in [0, 0.05) is 13.0 Å². The molecule has 102 valence electrons. The summed E-state index contributed by atoms with van der Waals surface area (Å²) in [5.74, 6) is 0.839. The first-order valence-corrected chi connectivity index (χ1v) is 6.68.